The molecule has 2 rings (SSSR count). The van der Waals surface area contributed by atoms with Crippen molar-refractivity contribution in [1.82, 2.24) is 0 Å². The number of esters is 1. The number of carbonyl (C=O) groups is 1. The summed E-state index contributed by atoms with van der Waals surface area (Å²) in [6, 6.07) is 16.5. The van der Waals surface area contributed by atoms with Gasteiger partial charge < -0.3 is 4.74 Å². The van der Waals surface area contributed by atoms with E-state index in [4.69, 9.17) is 4.74 Å². The van der Waals surface area contributed by atoms with Gasteiger partial charge in [0.15, 0.2) is 0 Å². The lowest BCUT2D eigenvalue weighted by Crippen LogP contribution is -2.28. The van der Waals surface area contributed by atoms with Crippen LogP contribution in [-0.4, -0.2) is 5.97 Å². The van der Waals surface area contributed by atoms with Crippen LogP contribution in [0.25, 0.3) is 0 Å². The number of azo groups is 1. The molecule has 0 aliphatic rings. The van der Waals surface area contributed by atoms with Crippen LogP contribution < -0.4 is 4.74 Å². The molecular formula is C18H20N2O2. The van der Waals surface area contributed by atoms with Crippen LogP contribution in [0.15, 0.2) is 64.8 Å². The Morgan fingerprint density at radius 2 is 1.50 bits per heavy atom. The zero-order valence-corrected chi connectivity index (χ0v) is 13.1. The van der Waals surface area contributed by atoms with Crippen LogP contribution >= 0.6 is 0 Å². The lowest BCUT2D eigenvalue weighted by atomic mass is 9.91. The second-order valence-electron chi connectivity index (χ2n) is 5.66. The van der Waals surface area contributed by atoms with Gasteiger partial charge in [0.1, 0.15) is 5.75 Å². The predicted molar refractivity (Wildman–Crippen MR) is 86.8 cm³/mol. The van der Waals surface area contributed by atoms with E-state index in [0.29, 0.717) is 11.4 Å². The molecule has 0 aliphatic heterocycles. The van der Waals surface area contributed by atoms with Gasteiger partial charge in [0, 0.05) is 0 Å². The van der Waals surface area contributed by atoms with E-state index in [1.54, 1.807) is 24.3 Å². The fourth-order valence-corrected chi connectivity index (χ4v) is 1.58. The minimum Gasteiger partial charge on any atom is -0.426 e. The van der Waals surface area contributed by atoms with Crippen molar-refractivity contribution in [2.45, 2.75) is 27.2 Å². The highest BCUT2D eigenvalue weighted by atomic mass is 16.5. The number of hydrogen-bond donors (Lipinski definition) is 0. The molecule has 0 saturated carbocycles. The Labute approximate surface area is 130 Å². The summed E-state index contributed by atoms with van der Waals surface area (Å²) in [6.07, 6.45) is 0.731. The molecule has 0 N–H and O–H groups in total. The molecule has 4 heteroatoms. The Morgan fingerprint density at radius 3 is 2.05 bits per heavy atom. The van der Waals surface area contributed by atoms with Crippen molar-refractivity contribution in [1.29, 1.82) is 0 Å². The van der Waals surface area contributed by atoms with Crippen molar-refractivity contribution >= 4 is 17.3 Å². The molecule has 0 amide bonds. The third-order valence-corrected chi connectivity index (χ3v) is 3.52. The van der Waals surface area contributed by atoms with Crippen molar-refractivity contribution in [3.05, 3.63) is 54.6 Å². The number of rotatable bonds is 5. The molecule has 4 nitrogen and oxygen atoms in total. The van der Waals surface area contributed by atoms with Gasteiger partial charge in [-0.05, 0) is 56.7 Å². The lowest BCUT2D eigenvalue weighted by Gasteiger charge is -2.19. The normalized spacial score (nSPS) is 11.6. The minimum atomic E-state index is -0.480. The first-order chi connectivity index (χ1) is 10.5. The minimum absolute atomic E-state index is 0.228. The van der Waals surface area contributed by atoms with E-state index >= 15 is 0 Å². The maximum Gasteiger partial charge on any atom is 0.316 e. The van der Waals surface area contributed by atoms with Crippen LogP contribution in [-0.2, 0) is 4.79 Å². The summed E-state index contributed by atoms with van der Waals surface area (Å²) in [5.41, 5.74) is 1.02. The molecular weight excluding hydrogens is 276 g/mol. The summed E-state index contributed by atoms with van der Waals surface area (Å²) in [5.74, 6) is 0.291. The van der Waals surface area contributed by atoms with Gasteiger partial charge in [-0.25, -0.2) is 0 Å². The smallest absolute Gasteiger partial charge is 0.316 e. The summed E-state index contributed by atoms with van der Waals surface area (Å²) in [7, 11) is 0. The summed E-state index contributed by atoms with van der Waals surface area (Å²) < 4.78 is 5.38. The zero-order valence-electron chi connectivity index (χ0n) is 13.1. The van der Waals surface area contributed by atoms with Gasteiger partial charge in [0.05, 0.1) is 16.8 Å². The Morgan fingerprint density at radius 1 is 0.955 bits per heavy atom. The first-order valence-corrected chi connectivity index (χ1v) is 7.30. The monoisotopic (exact) mass is 296 g/mol. The molecule has 2 aromatic rings. The molecule has 0 fully saturated rings. The Hall–Kier alpha value is -2.49. The summed E-state index contributed by atoms with van der Waals surface area (Å²) >= 11 is 0. The maximum absolute atomic E-state index is 12.0. The van der Waals surface area contributed by atoms with Gasteiger partial charge in [0.25, 0.3) is 0 Å². The Bertz CT molecular complexity index is 647. The SMILES string of the molecule is CCC(C)(C)C(=O)Oc1ccc(/N=N/c2ccccc2)cc1. The van der Waals surface area contributed by atoms with Gasteiger partial charge in [-0.1, -0.05) is 25.1 Å². The molecule has 0 atom stereocenters. The van der Waals surface area contributed by atoms with E-state index in [1.807, 2.05) is 51.1 Å². The Balaban J connectivity index is 2.02. The van der Waals surface area contributed by atoms with Crippen molar-refractivity contribution in [2.75, 3.05) is 0 Å². The van der Waals surface area contributed by atoms with E-state index in [1.165, 1.54) is 0 Å². The molecule has 0 bridgehead atoms. The van der Waals surface area contributed by atoms with Crippen LogP contribution in [0.3, 0.4) is 0 Å². The van der Waals surface area contributed by atoms with Gasteiger partial charge in [-0.2, -0.15) is 10.2 Å². The summed E-state index contributed by atoms with van der Waals surface area (Å²) in [6.45, 7) is 5.71. The molecule has 22 heavy (non-hydrogen) atoms. The quantitative estimate of drug-likeness (QED) is 0.419. The van der Waals surface area contributed by atoms with Gasteiger partial charge in [-0.15, -0.1) is 0 Å². The average Bonchev–Trinajstić information content (AvgIpc) is 2.55. The first kappa shape index (κ1) is 15.9. The molecule has 0 unspecified atom stereocenters. The fraction of sp³-hybridized carbons (Fsp3) is 0.278. The third-order valence-electron chi connectivity index (χ3n) is 3.52. The van der Waals surface area contributed by atoms with E-state index in [-0.39, 0.29) is 5.97 Å². The highest BCUT2D eigenvalue weighted by Gasteiger charge is 2.27. The van der Waals surface area contributed by atoms with Gasteiger partial charge >= 0.3 is 5.97 Å². The molecule has 0 heterocycles. The number of carbonyl (C=O) groups excluding carboxylic acids is 1. The summed E-state index contributed by atoms with van der Waals surface area (Å²) in [5, 5.41) is 8.28. The third kappa shape index (κ3) is 4.25. The van der Waals surface area contributed by atoms with Crippen LogP contribution in [0.5, 0.6) is 5.75 Å². The van der Waals surface area contributed by atoms with Crippen LogP contribution in [0.4, 0.5) is 11.4 Å². The van der Waals surface area contributed by atoms with Crippen LogP contribution in [0.2, 0.25) is 0 Å². The predicted octanol–water partition coefficient (Wildman–Crippen LogP) is 5.44. The highest BCUT2D eigenvalue weighted by Crippen LogP contribution is 2.25. The average molecular weight is 296 g/mol. The standard InChI is InChI=1S/C18H20N2O2/c1-4-18(2,3)17(21)22-16-12-10-15(11-13-16)20-19-14-8-6-5-7-9-14/h5-13H,4H2,1-3H3/b20-19+. The molecule has 114 valence electrons. The zero-order chi connectivity index (χ0) is 16.0. The second kappa shape index (κ2) is 6.98. The molecule has 0 aliphatic carbocycles. The topological polar surface area (TPSA) is 51.0 Å². The molecule has 0 saturated heterocycles. The summed E-state index contributed by atoms with van der Waals surface area (Å²) in [4.78, 5) is 12.0. The van der Waals surface area contributed by atoms with E-state index in [9.17, 15) is 4.79 Å². The van der Waals surface area contributed by atoms with Crippen molar-refractivity contribution in [2.24, 2.45) is 15.6 Å². The van der Waals surface area contributed by atoms with Crippen molar-refractivity contribution in [3.63, 3.8) is 0 Å². The number of benzene rings is 2. The Kier molecular flexibility index (Phi) is 5.04. The lowest BCUT2D eigenvalue weighted by molar-refractivity contribution is -0.144. The largest absolute Gasteiger partial charge is 0.426 e. The molecule has 0 aromatic heterocycles. The van der Waals surface area contributed by atoms with Crippen LogP contribution in [0.1, 0.15) is 27.2 Å². The van der Waals surface area contributed by atoms with Crippen molar-refractivity contribution < 1.29 is 9.53 Å². The van der Waals surface area contributed by atoms with Gasteiger partial charge in [-0.3, -0.25) is 4.79 Å². The molecule has 0 radical (unpaired) electrons. The number of nitrogens with zero attached hydrogens (tertiary/aromatic N) is 2. The second-order valence-corrected chi connectivity index (χ2v) is 5.66. The van der Waals surface area contributed by atoms with Crippen molar-refractivity contribution in [3.8, 4) is 5.75 Å². The maximum atomic E-state index is 12.0. The van der Waals surface area contributed by atoms with Crippen LogP contribution in [0, 0.1) is 5.41 Å². The first-order valence-electron chi connectivity index (χ1n) is 7.30. The van der Waals surface area contributed by atoms with Gasteiger partial charge in [0.2, 0.25) is 0 Å². The molecule has 0 spiro atoms. The number of hydrogen-bond acceptors (Lipinski definition) is 4. The fourth-order valence-electron chi connectivity index (χ4n) is 1.58. The molecule has 2 aromatic carbocycles. The highest BCUT2D eigenvalue weighted by molar-refractivity contribution is 5.78. The van der Waals surface area contributed by atoms with E-state index in [2.05, 4.69) is 10.2 Å². The number of ether oxygens (including phenoxy) is 1. The van der Waals surface area contributed by atoms with E-state index < -0.39 is 5.41 Å². The van der Waals surface area contributed by atoms with E-state index in [0.717, 1.165) is 12.1 Å².